The molecule has 1 fully saturated rings. The summed E-state index contributed by atoms with van der Waals surface area (Å²) in [6.45, 7) is 0.916. The highest BCUT2D eigenvalue weighted by Gasteiger charge is 2.38. The molecule has 8 heteroatoms. The summed E-state index contributed by atoms with van der Waals surface area (Å²) in [5.41, 5.74) is 3.32. The molecule has 2 aromatic carbocycles. The lowest BCUT2D eigenvalue weighted by Crippen LogP contribution is -2.52. The van der Waals surface area contributed by atoms with Crippen LogP contribution in [0.4, 0.5) is 5.69 Å². The predicted molar refractivity (Wildman–Crippen MR) is 106 cm³/mol. The van der Waals surface area contributed by atoms with Gasteiger partial charge in [0.15, 0.2) is 0 Å². The number of nitrogens with one attached hydrogen (secondary N) is 2. The topological polar surface area (TPSA) is 78.5 Å². The van der Waals surface area contributed by atoms with Crippen LogP contribution >= 0.6 is 23.2 Å². The first-order valence-corrected chi connectivity index (χ1v) is 9.63. The minimum atomic E-state index is -0.601. The summed E-state index contributed by atoms with van der Waals surface area (Å²) in [5, 5.41) is 6.56. The van der Waals surface area contributed by atoms with Gasteiger partial charge in [-0.2, -0.15) is 0 Å². The number of amides is 3. The highest BCUT2D eigenvalue weighted by molar-refractivity contribution is 6.42. The van der Waals surface area contributed by atoms with Crippen molar-refractivity contribution in [2.24, 2.45) is 0 Å². The van der Waals surface area contributed by atoms with E-state index in [2.05, 4.69) is 10.6 Å². The zero-order valence-electron chi connectivity index (χ0n) is 14.8. The van der Waals surface area contributed by atoms with Gasteiger partial charge in [0.05, 0.1) is 10.0 Å². The van der Waals surface area contributed by atoms with Crippen molar-refractivity contribution in [1.82, 2.24) is 10.2 Å². The summed E-state index contributed by atoms with van der Waals surface area (Å²) < 4.78 is 0. The molecule has 2 heterocycles. The Balaban J connectivity index is 1.47. The number of fused-ring (bicyclic) bond motifs is 1. The molecule has 144 valence electrons. The first-order valence-electron chi connectivity index (χ1n) is 8.88. The van der Waals surface area contributed by atoms with Crippen LogP contribution in [0, 0.1) is 0 Å². The Morgan fingerprint density at radius 1 is 1.07 bits per heavy atom. The van der Waals surface area contributed by atoms with Crippen molar-refractivity contribution >= 4 is 46.6 Å². The highest BCUT2D eigenvalue weighted by Crippen LogP contribution is 2.29. The smallest absolute Gasteiger partial charge is 0.255 e. The largest absolute Gasteiger partial charge is 0.381 e. The Hall–Kier alpha value is -2.57. The van der Waals surface area contributed by atoms with Gasteiger partial charge < -0.3 is 10.2 Å². The third kappa shape index (κ3) is 3.57. The first kappa shape index (κ1) is 18.8. The normalized spacial score (nSPS) is 18.9. The molecule has 1 saturated heterocycles. The number of piperidine rings is 1. The number of rotatable bonds is 4. The second kappa shape index (κ2) is 7.45. The maximum Gasteiger partial charge on any atom is 0.255 e. The van der Waals surface area contributed by atoms with E-state index >= 15 is 0 Å². The zero-order valence-corrected chi connectivity index (χ0v) is 16.3. The molecule has 2 aliphatic heterocycles. The molecule has 1 atom stereocenters. The minimum Gasteiger partial charge on any atom is -0.381 e. The fourth-order valence-corrected chi connectivity index (χ4v) is 3.85. The van der Waals surface area contributed by atoms with Crippen LogP contribution in [-0.4, -0.2) is 28.7 Å². The van der Waals surface area contributed by atoms with Gasteiger partial charge in [0.2, 0.25) is 11.8 Å². The van der Waals surface area contributed by atoms with E-state index in [4.69, 9.17) is 23.2 Å². The van der Waals surface area contributed by atoms with Crippen LogP contribution < -0.4 is 10.6 Å². The molecule has 2 aromatic rings. The Labute approximate surface area is 171 Å². The molecule has 1 unspecified atom stereocenters. The Kier molecular flexibility index (Phi) is 5.00. The van der Waals surface area contributed by atoms with Crippen molar-refractivity contribution in [1.29, 1.82) is 0 Å². The van der Waals surface area contributed by atoms with Gasteiger partial charge in [-0.3, -0.25) is 19.7 Å². The molecule has 0 spiro atoms. The van der Waals surface area contributed by atoms with E-state index in [9.17, 15) is 14.4 Å². The molecule has 0 aliphatic carbocycles. The van der Waals surface area contributed by atoms with Crippen molar-refractivity contribution in [3.63, 3.8) is 0 Å². The minimum absolute atomic E-state index is 0.173. The van der Waals surface area contributed by atoms with Crippen molar-refractivity contribution in [3.8, 4) is 0 Å². The van der Waals surface area contributed by atoms with Gasteiger partial charge in [-0.1, -0.05) is 35.3 Å². The summed E-state index contributed by atoms with van der Waals surface area (Å²) in [4.78, 5) is 37.7. The number of carbonyl (C=O) groups is 3. The Morgan fingerprint density at radius 3 is 2.64 bits per heavy atom. The average Bonchev–Trinajstić information content (AvgIpc) is 2.99. The fourth-order valence-electron chi connectivity index (χ4n) is 3.55. The number of anilines is 1. The van der Waals surface area contributed by atoms with Gasteiger partial charge in [-0.15, -0.1) is 0 Å². The molecule has 4 rings (SSSR count). The highest BCUT2D eigenvalue weighted by atomic mass is 35.5. The van der Waals surface area contributed by atoms with Crippen molar-refractivity contribution < 1.29 is 14.4 Å². The van der Waals surface area contributed by atoms with Gasteiger partial charge in [0.1, 0.15) is 6.04 Å². The van der Waals surface area contributed by atoms with Crippen LogP contribution in [-0.2, 0) is 22.7 Å². The molecule has 28 heavy (non-hydrogen) atoms. The predicted octanol–water partition coefficient (Wildman–Crippen LogP) is 3.37. The van der Waals surface area contributed by atoms with E-state index in [-0.39, 0.29) is 18.2 Å². The molecular weight excluding hydrogens is 401 g/mol. The zero-order chi connectivity index (χ0) is 19.8. The van der Waals surface area contributed by atoms with Gasteiger partial charge >= 0.3 is 0 Å². The van der Waals surface area contributed by atoms with Crippen molar-refractivity contribution in [2.45, 2.75) is 32.0 Å². The summed E-state index contributed by atoms with van der Waals surface area (Å²) in [6, 6.07) is 10.4. The molecule has 6 nitrogen and oxygen atoms in total. The van der Waals surface area contributed by atoms with Crippen LogP contribution in [0.25, 0.3) is 0 Å². The molecule has 3 amide bonds. The van der Waals surface area contributed by atoms with E-state index < -0.39 is 11.9 Å². The summed E-state index contributed by atoms with van der Waals surface area (Å²) >= 11 is 12.0. The molecule has 0 bridgehead atoms. The van der Waals surface area contributed by atoms with Crippen LogP contribution in [0.1, 0.15) is 34.3 Å². The van der Waals surface area contributed by atoms with Crippen molar-refractivity contribution in [3.05, 3.63) is 63.1 Å². The lowest BCUT2D eigenvalue weighted by atomic mass is 10.0. The molecule has 0 radical (unpaired) electrons. The molecular formula is C20H17Cl2N3O3. The standard InChI is InChI=1S/C20H17Cl2N3O3/c21-15-4-2-13(8-16(15)22)23-9-11-1-3-14-12(7-11)10-25(20(14)28)17-5-6-18(26)24-19(17)27/h1-4,7-8,17,23H,5-6,9-10H2,(H,24,26,27). The van der Waals surface area contributed by atoms with Gasteiger partial charge in [-0.05, 0) is 41.8 Å². The number of imide groups is 1. The molecule has 2 N–H and O–H groups in total. The van der Waals surface area contributed by atoms with E-state index in [1.165, 1.54) is 0 Å². The number of carbonyl (C=O) groups excluding carboxylic acids is 3. The average molecular weight is 418 g/mol. The van der Waals surface area contributed by atoms with Gasteiger partial charge in [0, 0.05) is 30.8 Å². The van der Waals surface area contributed by atoms with Crippen molar-refractivity contribution in [2.75, 3.05) is 5.32 Å². The van der Waals surface area contributed by atoms with Gasteiger partial charge in [-0.25, -0.2) is 0 Å². The maximum absolute atomic E-state index is 12.7. The van der Waals surface area contributed by atoms with Crippen LogP contribution in [0.2, 0.25) is 10.0 Å². The fraction of sp³-hybridized carbons (Fsp3) is 0.250. The number of hydrogen-bond donors (Lipinski definition) is 2. The Bertz CT molecular complexity index is 993. The molecule has 0 saturated carbocycles. The van der Waals surface area contributed by atoms with E-state index in [1.807, 2.05) is 18.2 Å². The second-order valence-electron chi connectivity index (χ2n) is 6.87. The van der Waals surface area contributed by atoms with Crippen LogP contribution in [0.5, 0.6) is 0 Å². The maximum atomic E-state index is 12.7. The number of benzene rings is 2. The SMILES string of the molecule is O=C1CCC(N2Cc3cc(CNc4ccc(Cl)c(Cl)c4)ccc3C2=O)C(=O)N1. The molecule has 2 aliphatic rings. The number of nitrogens with zero attached hydrogens (tertiary/aromatic N) is 1. The van der Waals surface area contributed by atoms with E-state index in [0.29, 0.717) is 35.1 Å². The number of halogens is 2. The van der Waals surface area contributed by atoms with Gasteiger partial charge in [0.25, 0.3) is 5.91 Å². The molecule has 0 aromatic heterocycles. The third-order valence-electron chi connectivity index (χ3n) is 5.00. The van der Waals surface area contributed by atoms with E-state index in [1.54, 1.807) is 23.1 Å². The first-order chi connectivity index (χ1) is 13.4. The number of hydrogen-bond acceptors (Lipinski definition) is 4. The summed E-state index contributed by atoms with van der Waals surface area (Å²) in [6.07, 6.45) is 0.603. The Morgan fingerprint density at radius 2 is 1.89 bits per heavy atom. The lowest BCUT2D eigenvalue weighted by molar-refractivity contribution is -0.136. The van der Waals surface area contributed by atoms with E-state index in [0.717, 1.165) is 16.8 Å². The monoisotopic (exact) mass is 417 g/mol. The summed E-state index contributed by atoms with van der Waals surface area (Å²) in [5.74, 6) is -0.867. The van der Waals surface area contributed by atoms with Crippen LogP contribution in [0.3, 0.4) is 0 Å². The third-order valence-corrected chi connectivity index (χ3v) is 5.74. The second-order valence-corrected chi connectivity index (χ2v) is 7.69. The quantitative estimate of drug-likeness (QED) is 0.747. The summed E-state index contributed by atoms with van der Waals surface area (Å²) in [7, 11) is 0. The van der Waals surface area contributed by atoms with Crippen LogP contribution in [0.15, 0.2) is 36.4 Å². The lowest BCUT2D eigenvalue weighted by Gasteiger charge is -2.29.